The minimum Gasteiger partial charge on any atom is -0.323 e. The van der Waals surface area contributed by atoms with Crippen molar-refractivity contribution >= 4 is 23.5 Å². The molecule has 24 heavy (non-hydrogen) atoms. The summed E-state index contributed by atoms with van der Waals surface area (Å²) in [6.07, 6.45) is 4.82. The minimum absolute atomic E-state index is 0.172. The Morgan fingerprint density at radius 1 is 1.33 bits per heavy atom. The molecule has 1 aromatic heterocycles. The van der Waals surface area contributed by atoms with Crippen LogP contribution in [0.2, 0.25) is 0 Å². The number of nitrogens with one attached hydrogen (secondary N) is 3. The third-order valence-electron chi connectivity index (χ3n) is 3.99. The average Bonchev–Trinajstić information content (AvgIpc) is 2.93. The molecule has 7 nitrogen and oxygen atoms in total. The zero-order chi connectivity index (χ0) is 16.9. The number of aromatic amines is 1. The number of benzene rings is 1. The van der Waals surface area contributed by atoms with Crippen LogP contribution in [0.15, 0.2) is 36.9 Å². The van der Waals surface area contributed by atoms with Crippen LogP contribution in [0.3, 0.4) is 0 Å². The predicted octanol–water partition coefficient (Wildman–Crippen LogP) is 2.38. The maximum atomic E-state index is 12.1. The number of carbonyl (C=O) groups excluding carboxylic acids is 2. The van der Waals surface area contributed by atoms with E-state index in [0.29, 0.717) is 17.6 Å². The van der Waals surface area contributed by atoms with E-state index in [-0.39, 0.29) is 18.2 Å². The standard InChI is InChI=1S/C17H19N5O2/c1-2-14(23)18-13-8-3-5-11(9-13)10-15(24)19-17-20-16(21-22-17)12-6-4-7-12/h2-3,5,8-9,12H,1,4,6-7,10H2,(H,18,23)(H2,19,20,21,22,24). The summed E-state index contributed by atoms with van der Waals surface area (Å²) in [5.74, 6) is 1.08. The van der Waals surface area contributed by atoms with Gasteiger partial charge in [0.2, 0.25) is 17.8 Å². The van der Waals surface area contributed by atoms with Gasteiger partial charge in [-0.1, -0.05) is 25.1 Å². The summed E-state index contributed by atoms with van der Waals surface area (Å²) in [7, 11) is 0. The highest BCUT2D eigenvalue weighted by Gasteiger charge is 2.23. The van der Waals surface area contributed by atoms with Crippen LogP contribution in [0.4, 0.5) is 11.6 Å². The van der Waals surface area contributed by atoms with Crippen LogP contribution in [-0.2, 0) is 16.0 Å². The summed E-state index contributed by atoms with van der Waals surface area (Å²) in [4.78, 5) is 27.8. The first-order chi connectivity index (χ1) is 11.6. The molecule has 1 aliphatic carbocycles. The maximum Gasteiger partial charge on any atom is 0.248 e. The van der Waals surface area contributed by atoms with Gasteiger partial charge in [0.25, 0.3) is 0 Å². The summed E-state index contributed by atoms with van der Waals surface area (Å²) in [6.45, 7) is 3.41. The number of rotatable bonds is 6. The molecule has 1 heterocycles. The fourth-order valence-electron chi connectivity index (χ4n) is 2.50. The largest absolute Gasteiger partial charge is 0.323 e. The van der Waals surface area contributed by atoms with Gasteiger partial charge in [-0.25, -0.2) is 0 Å². The molecule has 0 saturated heterocycles. The fourth-order valence-corrected chi connectivity index (χ4v) is 2.50. The molecule has 0 radical (unpaired) electrons. The van der Waals surface area contributed by atoms with Crippen molar-refractivity contribution < 1.29 is 9.59 Å². The van der Waals surface area contributed by atoms with Gasteiger partial charge in [-0.15, -0.1) is 5.10 Å². The Bertz CT molecular complexity index is 764. The molecular formula is C17H19N5O2. The van der Waals surface area contributed by atoms with Crippen molar-refractivity contribution in [2.45, 2.75) is 31.6 Å². The van der Waals surface area contributed by atoms with Crippen LogP contribution in [-0.4, -0.2) is 27.0 Å². The van der Waals surface area contributed by atoms with Crippen LogP contribution in [0.1, 0.15) is 36.6 Å². The van der Waals surface area contributed by atoms with Crippen LogP contribution in [0, 0.1) is 0 Å². The SMILES string of the molecule is C=CC(=O)Nc1cccc(CC(=O)Nc2n[nH]c(C3CCC3)n2)c1. The molecule has 3 rings (SSSR count). The highest BCUT2D eigenvalue weighted by atomic mass is 16.2. The molecule has 124 valence electrons. The zero-order valence-electron chi connectivity index (χ0n) is 13.2. The van der Waals surface area contributed by atoms with Gasteiger partial charge < -0.3 is 5.32 Å². The first-order valence-electron chi connectivity index (χ1n) is 7.88. The third kappa shape index (κ3) is 3.87. The van der Waals surface area contributed by atoms with Gasteiger partial charge in [-0.3, -0.25) is 20.0 Å². The number of nitrogens with zero attached hydrogens (tertiary/aromatic N) is 2. The lowest BCUT2D eigenvalue weighted by Gasteiger charge is -2.22. The molecule has 0 atom stereocenters. The van der Waals surface area contributed by atoms with E-state index in [1.54, 1.807) is 18.2 Å². The maximum absolute atomic E-state index is 12.1. The molecule has 2 amide bonds. The smallest absolute Gasteiger partial charge is 0.248 e. The van der Waals surface area contributed by atoms with Crippen LogP contribution < -0.4 is 10.6 Å². The molecule has 0 unspecified atom stereocenters. The molecule has 0 bridgehead atoms. The average molecular weight is 325 g/mol. The Kier molecular flexibility index (Phi) is 4.69. The quantitative estimate of drug-likeness (QED) is 0.710. The summed E-state index contributed by atoms with van der Waals surface area (Å²) in [6, 6.07) is 7.10. The molecule has 3 N–H and O–H groups in total. The Labute approximate surface area is 139 Å². The molecule has 1 fully saturated rings. The number of carbonyl (C=O) groups is 2. The summed E-state index contributed by atoms with van der Waals surface area (Å²) in [5, 5.41) is 12.3. The van der Waals surface area contributed by atoms with Gasteiger partial charge in [0, 0.05) is 11.6 Å². The first kappa shape index (κ1) is 15.9. The topological polar surface area (TPSA) is 99.8 Å². The van der Waals surface area contributed by atoms with Gasteiger partial charge in [-0.2, -0.15) is 4.98 Å². The lowest BCUT2D eigenvalue weighted by molar-refractivity contribution is -0.115. The molecule has 1 aromatic carbocycles. The second-order valence-corrected chi connectivity index (χ2v) is 5.79. The van der Waals surface area contributed by atoms with Crippen molar-refractivity contribution in [2.75, 3.05) is 10.6 Å². The van der Waals surface area contributed by atoms with E-state index >= 15 is 0 Å². The van der Waals surface area contributed by atoms with E-state index in [1.807, 2.05) is 6.07 Å². The van der Waals surface area contributed by atoms with E-state index in [2.05, 4.69) is 32.4 Å². The molecule has 7 heteroatoms. The fraction of sp³-hybridized carbons (Fsp3) is 0.294. The number of anilines is 2. The number of H-pyrrole nitrogens is 1. The molecule has 1 saturated carbocycles. The first-order valence-corrected chi connectivity index (χ1v) is 7.88. The molecule has 0 aliphatic heterocycles. The van der Waals surface area contributed by atoms with Gasteiger partial charge >= 0.3 is 0 Å². The van der Waals surface area contributed by atoms with Gasteiger partial charge in [0.1, 0.15) is 5.82 Å². The van der Waals surface area contributed by atoms with Gasteiger partial charge in [-0.05, 0) is 36.6 Å². The molecule has 2 aromatic rings. The highest BCUT2D eigenvalue weighted by Crippen LogP contribution is 2.34. The van der Waals surface area contributed by atoms with Crippen LogP contribution in [0.25, 0.3) is 0 Å². The van der Waals surface area contributed by atoms with E-state index in [1.165, 1.54) is 12.5 Å². The lowest BCUT2D eigenvalue weighted by atomic mass is 9.85. The van der Waals surface area contributed by atoms with E-state index in [0.717, 1.165) is 24.2 Å². The predicted molar refractivity (Wildman–Crippen MR) is 90.6 cm³/mol. The molecule has 1 aliphatic rings. The third-order valence-corrected chi connectivity index (χ3v) is 3.99. The monoisotopic (exact) mass is 325 g/mol. The molecule has 0 spiro atoms. The second kappa shape index (κ2) is 7.08. The van der Waals surface area contributed by atoms with Crippen molar-refractivity contribution in [3.05, 3.63) is 48.3 Å². The minimum atomic E-state index is -0.291. The number of amides is 2. The van der Waals surface area contributed by atoms with E-state index < -0.39 is 0 Å². The summed E-state index contributed by atoms with van der Waals surface area (Å²) < 4.78 is 0. The Morgan fingerprint density at radius 2 is 2.17 bits per heavy atom. The number of hydrogen-bond acceptors (Lipinski definition) is 4. The van der Waals surface area contributed by atoms with Crippen LogP contribution >= 0.6 is 0 Å². The molecular weight excluding hydrogens is 306 g/mol. The van der Waals surface area contributed by atoms with Crippen molar-refractivity contribution in [1.82, 2.24) is 15.2 Å². The number of aromatic nitrogens is 3. The van der Waals surface area contributed by atoms with Crippen molar-refractivity contribution in [2.24, 2.45) is 0 Å². The lowest BCUT2D eigenvalue weighted by Crippen LogP contribution is -2.16. The van der Waals surface area contributed by atoms with Gasteiger partial charge in [0.15, 0.2) is 0 Å². The highest BCUT2D eigenvalue weighted by molar-refractivity contribution is 5.99. The Balaban J connectivity index is 1.58. The normalized spacial score (nSPS) is 13.8. The second-order valence-electron chi connectivity index (χ2n) is 5.79. The van der Waals surface area contributed by atoms with E-state index in [9.17, 15) is 9.59 Å². The van der Waals surface area contributed by atoms with Crippen molar-refractivity contribution in [3.8, 4) is 0 Å². The van der Waals surface area contributed by atoms with Crippen molar-refractivity contribution in [3.63, 3.8) is 0 Å². The summed E-state index contributed by atoms with van der Waals surface area (Å²) in [5.41, 5.74) is 1.40. The summed E-state index contributed by atoms with van der Waals surface area (Å²) >= 11 is 0. The Hall–Kier alpha value is -2.96. The Morgan fingerprint density at radius 3 is 2.88 bits per heavy atom. The van der Waals surface area contributed by atoms with Crippen molar-refractivity contribution in [1.29, 1.82) is 0 Å². The van der Waals surface area contributed by atoms with E-state index in [4.69, 9.17) is 0 Å². The zero-order valence-corrected chi connectivity index (χ0v) is 13.2. The number of hydrogen-bond donors (Lipinski definition) is 3. The van der Waals surface area contributed by atoms with Crippen LogP contribution in [0.5, 0.6) is 0 Å². The van der Waals surface area contributed by atoms with Gasteiger partial charge in [0.05, 0.1) is 6.42 Å².